The predicted molar refractivity (Wildman–Crippen MR) is 114 cm³/mol. The van der Waals surface area contributed by atoms with Crippen molar-refractivity contribution in [3.8, 4) is 5.69 Å². The van der Waals surface area contributed by atoms with Gasteiger partial charge in [-0.3, -0.25) is 4.79 Å². The lowest BCUT2D eigenvalue weighted by Crippen LogP contribution is -2.22. The first-order valence-corrected chi connectivity index (χ1v) is 10.2. The molecule has 3 heteroatoms. The Morgan fingerprint density at radius 1 is 1.07 bits per heavy atom. The minimum atomic E-state index is -0.0350. The molecule has 1 N–H and O–H groups in total. The maximum atomic E-state index is 12.5. The van der Waals surface area contributed by atoms with Crippen molar-refractivity contribution in [2.24, 2.45) is 5.92 Å². The van der Waals surface area contributed by atoms with E-state index < -0.39 is 0 Å². The number of hydrogen-bond donors (Lipinski definition) is 1. The van der Waals surface area contributed by atoms with Crippen molar-refractivity contribution in [2.75, 3.05) is 0 Å². The van der Waals surface area contributed by atoms with E-state index in [0.717, 1.165) is 23.6 Å². The standard InChI is InChI=1S/C25H28N2O/c1-17-4-7-20(8-5-17)16-26-25(28)21-9-11-23(12-10-21)27-19(3)15-22-14-18(2)6-13-24(22)27/h4-5,7-12,15,18H,6,13-14,16H2,1-3H3,(H,26,28)/t18-/m1/s1. The van der Waals surface area contributed by atoms with Gasteiger partial charge in [-0.2, -0.15) is 0 Å². The zero-order valence-corrected chi connectivity index (χ0v) is 17.0. The van der Waals surface area contributed by atoms with E-state index in [0.29, 0.717) is 12.1 Å². The third-order valence-corrected chi connectivity index (χ3v) is 5.78. The lowest BCUT2D eigenvalue weighted by atomic mass is 9.89. The fourth-order valence-corrected chi connectivity index (χ4v) is 4.18. The summed E-state index contributed by atoms with van der Waals surface area (Å²) < 4.78 is 2.36. The summed E-state index contributed by atoms with van der Waals surface area (Å²) in [6.45, 7) is 7.11. The van der Waals surface area contributed by atoms with Crippen LogP contribution in [0.5, 0.6) is 0 Å². The molecule has 1 aromatic heterocycles. The van der Waals surface area contributed by atoms with Gasteiger partial charge >= 0.3 is 0 Å². The molecule has 1 atom stereocenters. The van der Waals surface area contributed by atoms with Crippen molar-refractivity contribution >= 4 is 5.91 Å². The highest BCUT2D eigenvalue weighted by Crippen LogP contribution is 2.30. The molecule has 2 aromatic carbocycles. The number of fused-ring (bicyclic) bond motifs is 1. The first-order chi connectivity index (χ1) is 13.5. The first-order valence-electron chi connectivity index (χ1n) is 10.2. The monoisotopic (exact) mass is 372 g/mol. The highest BCUT2D eigenvalue weighted by molar-refractivity contribution is 5.94. The summed E-state index contributed by atoms with van der Waals surface area (Å²) in [6, 6.07) is 18.5. The van der Waals surface area contributed by atoms with Crippen molar-refractivity contribution in [2.45, 2.75) is 46.6 Å². The molecule has 1 heterocycles. The number of benzene rings is 2. The molecule has 0 radical (unpaired) electrons. The fraction of sp³-hybridized carbons (Fsp3) is 0.320. The molecule has 0 saturated heterocycles. The topological polar surface area (TPSA) is 34.0 Å². The molecule has 0 unspecified atom stereocenters. The molecule has 0 fully saturated rings. The van der Waals surface area contributed by atoms with Gasteiger partial charge < -0.3 is 9.88 Å². The van der Waals surface area contributed by atoms with E-state index in [1.165, 1.54) is 35.4 Å². The van der Waals surface area contributed by atoms with Crippen molar-refractivity contribution in [3.05, 3.63) is 88.2 Å². The molecule has 144 valence electrons. The number of amides is 1. The van der Waals surface area contributed by atoms with Crippen LogP contribution >= 0.6 is 0 Å². The summed E-state index contributed by atoms with van der Waals surface area (Å²) in [7, 11) is 0. The maximum absolute atomic E-state index is 12.5. The summed E-state index contributed by atoms with van der Waals surface area (Å²) in [5, 5.41) is 3.01. The fourth-order valence-electron chi connectivity index (χ4n) is 4.18. The van der Waals surface area contributed by atoms with E-state index in [9.17, 15) is 4.79 Å². The van der Waals surface area contributed by atoms with E-state index in [-0.39, 0.29) is 5.91 Å². The molecule has 4 rings (SSSR count). The second-order valence-electron chi connectivity index (χ2n) is 8.16. The predicted octanol–water partition coefficient (Wildman–Crippen LogP) is 5.15. The van der Waals surface area contributed by atoms with Gasteiger partial charge in [0.1, 0.15) is 0 Å². The molecule has 28 heavy (non-hydrogen) atoms. The second-order valence-corrected chi connectivity index (χ2v) is 8.16. The maximum Gasteiger partial charge on any atom is 0.251 e. The van der Waals surface area contributed by atoms with Gasteiger partial charge in [0.2, 0.25) is 0 Å². The van der Waals surface area contributed by atoms with E-state index >= 15 is 0 Å². The molecular weight excluding hydrogens is 344 g/mol. The molecule has 1 aliphatic rings. The number of carbonyl (C=O) groups is 1. The Morgan fingerprint density at radius 2 is 1.79 bits per heavy atom. The van der Waals surface area contributed by atoms with Gasteiger partial charge in [0.15, 0.2) is 0 Å². The average Bonchev–Trinajstić information content (AvgIpc) is 3.02. The minimum Gasteiger partial charge on any atom is -0.348 e. The number of nitrogens with one attached hydrogen (secondary N) is 1. The second kappa shape index (κ2) is 7.67. The molecule has 0 bridgehead atoms. The van der Waals surface area contributed by atoms with Crippen LogP contribution in [-0.2, 0) is 19.4 Å². The number of hydrogen-bond acceptors (Lipinski definition) is 1. The Balaban J connectivity index is 1.48. The van der Waals surface area contributed by atoms with Gasteiger partial charge in [-0.25, -0.2) is 0 Å². The molecular formula is C25H28N2O. The SMILES string of the molecule is Cc1ccc(CNC(=O)c2ccc(-n3c(C)cc4c3CC[C@@H](C)C4)cc2)cc1. The summed E-state index contributed by atoms with van der Waals surface area (Å²) in [5.74, 6) is 0.731. The molecule has 1 aliphatic carbocycles. The number of nitrogens with zero attached hydrogens (tertiary/aromatic N) is 1. The van der Waals surface area contributed by atoms with E-state index in [2.05, 4.69) is 73.1 Å². The van der Waals surface area contributed by atoms with Crippen molar-refractivity contribution < 1.29 is 4.79 Å². The zero-order chi connectivity index (χ0) is 19.7. The Morgan fingerprint density at radius 3 is 2.50 bits per heavy atom. The largest absolute Gasteiger partial charge is 0.348 e. The van der Waals surface area contributed by atoms with Crippen LogP contribution in [0.1, 0.15) is 51.8 Å². The molecule has 3 nitrogen and oxygen atoms in total. The van der Waals surface area contributed by atoms with Crippen molar-refractivity contribution in [3.63, 3.8) is 0 Å². The van der Waals surface area contributed by atoms with Gasteiger partial charge in [0, 0.05) is 29.2 Å². The van der Waals surface area contributed by atoms with Crippen LogP contribution in [0.3, 0.4) is 0 Å². The summed E-state index contributed by atoms with van der Waals surface area (Å²) in [4.78, 5) is 12.5. The highest BCUT2D eigenvalue weighted by atomic mass is 16.1. The van der Waals surface area contributed by atoms with Crippen LogP contribution < -0.4 is 5.32 Å². The van der Waals surface area contributed by atoms with Crippen LogP contribution in [-0.4, -0.2) is 10.5 Å². The number of carbonyl (C=O) groups excluding carboxylic acids is 1. The number of aromatic nitrogens is 1. The van der Waals surface area contributed by atoms with Crippen molar-refractivity contribution in [1.29, 1.82) is 0 Å². The molecule has 0 spiro atoms. The van der Waals surface area contributed by atoms with E-state index in [1.54, 1.807) is 0 Å². The van der Waals surface area contributed by atoms with Crippen LogP contribution in [0.2, 0.25) is 0 Å². The third kappa shape index (κ3) is 3.75. The number of rotatable bonds is 4. The van der Waals surface area contributed by atoms with Gasteiger partial charge in [-0.1, -0.05) is 36.8 Å². The first kappa shape index (κ1) is 18.5. The Labute approximate surface area is 167 Å². The van der Waals surface area contributed by atoms with Gasteiger partial charge in [-0.15, -0.1) is 0 Å². The zero-order valence-electron chi connectivity index (χ0n) is 17.0. The Kier molecular flexibility index (Phi) is 5.08. The Bertz CT molecular complexity index is 981. The van der Waals surface area contributed by atoms with Crippen LogP contribution in [0.4, 0.5) is 0 Å². The van der Waals surface area contributed by atoms with Gasteiger partial charge in [-0.05, 0) is 80.5 Å². The normalized spacial score (nSPS) is 15.9. The van der Waals surface area contributed by atoms with Gasteiger partial charge in [0.25, 0.3) is 5.91 Å². The lowest BCUT2D eigenvalue weighted by molar-refractivity contribution is 0.0951. The molecule has 0 saturated carbocycles. The van der Waals surface area contributed by atoms with Crippen molar-refractivity contribution in [1.82, 2.24) is 9.88 Å². The third-order valence-electron chi connectivity index (χ3n) is 5.78. The Hall–Kier alpha value is -2.81. The quantitative estimate of drug-likeness (QED) is 0.675. The summed E-state index contributed by atoms with van der Waals surface area (Å²) >= 11 is 0. The van der Waals surface area contributed by atoms with Gasteiger partial charge in [0.05, 0.1) is 0 Å². The van der Waals surface area contributed by atoms with E-state index in [1.807, 2.05) is 12.1 Å². The lowest BCUT2D eigenvalue weighted by Gasteiger charge is -2.21. The molecule has 0 aliphatic heterocycles. The van der Waals surface area contributed by atoms with Crippen LogP contribution in [0.15, 0.2) is 54.6 Å². The van der Waals surface area contributed by atoms with Crippen LogP contribution in [0.25, 0.3) is 5.69 Å². The minimum absolute atomic E-state index is 0.0350. The highest BCUT2D eigenvalue weighted by Gasteiger charge is 2.21. The number of aryl methyl sites for hydroxylation is 2. The summed E-state index contributed by atoms with van der Waals surface area (Å²) in [6.07, 6.45) is 3.54. The van der Waals surface area contributed by atoms with E-state index in [4.69, 9.17) is 0 Å². The summed E-state index contributed by atoms with van der Waals surface area (Å²) in [5.41, 5.74) is 8.37. The smallest absolute Gasteiger partial charge is 0.251 e. The molecule has 3 aromatic rings. The average molecular weight is 373 g/mol. The van der Waals surface area contributed by atoms with Crippen LogP contribution in [0, 0.1) is 19.8 Å². The molecule has 1 amide bonds.